The standard InChI is InChI=1S/C6H5.C2H3O.Mg/c1-2-4-6-5-3-1;1-2-3;/h1-5H;2H,1H2;. The molecule has 2 heteroatoms. The van der Waals surface area contributed by atoms with Crippen LogP contribution in [-0.2, 0) is 4.79 Å². The largest absolute Gasteiger partial charge is 0.418 e. The van der Waals surface area contributed by atoms with Gasteiger partial charge in [-0.1, -0.05) is 34.9 Å². The second kappa shape index (κ2) is 4.47. The molecule has 0 N–H and O–H groups in total. The number of rotatable bonds is 3. The molecule has 0 saturated heterocycles. The average molecular weight is 144 g/mol. The Morgan fingerprint density at radius 1 is 1.30 bits per heavy atom. The first-order chi connectivity index (χ1) is 4.93. The summed E-state index contributed by atoms with van der Waals surface area (Å²) in [6, 6.07) is 10.2. The van der Waals surface area contributed by atoms with Gasteiger partial charge in [0, 0.05) is 0 Å². The van der Waals surface area contributed by atoms with Crippen molar-refractivity contribution >= 4 is 30.3 Å². The lowest BCUT2D eigenvalue weighted by molar-refractivity contribution is -0.106. The van der Waals surface area contributed by atoms with Crippen LogP contribution in [0, 0.1) is 0 Å². The first-order valence-electron chi connectivity index (χ1n) is 3.41. The molecule has 0 heterocycles. The van der Waals surface area contributed by atoms with Crippen molar-refractivity contribution in [1.82, 2.24) is 0 Å². The molecular formula is C8H8MgO. The van der Waals surface area contributed by atoms with E-state index in [0.29, 0.717) is 0 Å². The summed E-state index contributed by atoms with van der Waals surface area (Å²) in [6.45, 7) is 0. The fourth-order valence-electron chi connectivity index (χ4n) is 0.870. The molecule has 0 spiro atoms. The van der Waals surface area contributed by atoms with Crippen LogP contribution >= 0.6 is 0 Å². The number of hydrogen-bond acceptors (Lipinski definition) is 1. The van der Waals surface area contributed by atoms with Crippen LogP contribution in [0.1, 0.15) is 0 Å². The van der Waals surface area contributed by atoms with Crippen molar-refractivity contribution in [3.8, 4) is 0 Å². The van der Waals surface area contributed by atoms with Crippen LogP contribution < -0.4 is 3.69 Å². The molecule has 1 aromatic rings. The van der Waals surface area contributed by atoms with Gasteiger partial charge in [-0.3, -0.25) is 0 Å². The van der Waals surface area contributed by atoms with Gasteiger partial charge in [-0.25, -0.2) is 0 Å². The first-order valence-corrected chi connectivity index (χ1v) is 5.12. The van der Waals surface area contributed by atoms with Crippen LogP contribution in [0.5, 0.6) is 0 Å². The third-order valence-electron chi connectivity index (χ3n) is 1.39. The van der Waals surface area contributed by atoms with E-state index < -0.39 is 0 Å². The van der Waals surface area contributed by atoms with Crippen LogP contribution in [0.4, 0.5) is 0 Å². The van der Waals surface area contributed by atoms with E-state index in [4.69, 9.17) is 0 Å². The van der Waals surface area contributed by atoms with Crippen molar-refractivity contribution in [2.75, 3.05) is 0 Å². The third-order valence-corrected chi connectivity index (χ3v) is 2.97. The summed E-state index contributed by atoms with van der Waals surface area (Å²) in [6.07, 6.45) is 1.01. The second-order valence-electron chi connectivity index (χ2n) is 2.19. The van der Waals surface area contributed by atoms with E-state index in [1.54, 1.807) is 0 Å². The van der Waals surface area contributed by atoms with Crippen LogP contribution in [0.15, 0.2) is 30.3 Å². The molecule has 0 radical (unpaired) electrons. The van der Waals surface area contributed by atoms with Crippen LogP contribution in [0.2, 0.25) is 4.55 Å². The SMILES string of the molecule is O=C[CH2][Mg][c]1ccccc1. The fraction of sp³-hybridized carbons (Fsp3) is 0.125. The van der Waals surface area contributed by atoms with Gasteiger partial charge in [0.1, 0.15) is 0 Å². The Bertz CT molecular complexity index is 196. The molecule has 48 valence electrons. The molecule has 0 aliphatic rings. The number of hydrogen-bond donors (Lipinski definition) is 0. The van der Waals surface area contributed by atoms with E-state index in [9.17, 15) is 4.79 Å². The summed E-state index contributed by atoms with van der Waals surface area (Å²) in [5, 5.41) is 0. The molecule has 0 aliphatic heterocycles. The van der Waals surface area contributed by atoms with Gasteiger partial charge >= 0.3 is 20.4 Å². The lowest BCUT2D eigenvalue weighted by atomic mass is 10.4. The highest BCUT2D eigenvalue weighted by molar-refractivity contribution is 6.55. The summed E-state index contributed by atoms with van der Waals surface area (Å²) >= 11 is -0.279. The molecule has 0 amide bonds. The van der Waals surface area contributed by atoms with E-state index in [2.05, 4.69) is 12.1 Å². The smallest absolute Gasteiger partial charge is 0.306 e. The molecule has 1 aromatic carbocycles. The number of carbonyl (C=O) groups is 1. The Morgan fingerprint density at radius 3 is 2.60 bits per heavy atom. The zero-order chi connectivity index (χ0) is 7.23. The summed E-state index contributed by atoms with van der Waals surface area (Å²) < 4.78 is 2.14. The normalized spacial score (nSPS) is 8.40. The summed E-state index contributed by atoms with van der Waals surface area (Å²) in [7, 11) is 0. The predicted octanol–water partition coefficient (Wildman–Crippen LogP) is 0.633. The van der Waals surface area contributed by atoms with Gasteiger partial charge < -0.3 is 4.79 Å². The van der Waals surface area contributed by atoms with Gasteiger partial charge in [0.2, 0.25) is 0 Å². The lowest BCUT2D eigenvalue weighted by Crippen LogP contribution is -2.12. The maximum atomic E-state index is 10.0. The Hall–Kier alpha value is -0.344. The van der Waals surface area contributed by atoms with Crippen molar-refractivity contribution < 1.29 is 4.79 Å². The van der Waals surface area contributed by atoms with Crippen molar-refractivity contribution in [3.05, 3.63) is 30.3 Å². The molecule has 0 bridgehead atoms. The molecule has 1 nitrogen and oxygen atoms in total. The maximum Gasteiger partial charge on any atom is 0.418 e. The highest BCUT2D eigenvalue weighted by atomic mass is 24.5. The first kappa shape index (κ1) is 7.76. The lowest BCUT2D eigenvalue weighted by Gasteiger charge is -1.91. The molecule has 0 aliphatic carbocycles. The van der Waals surface area contributed by atoms with Crippen LogP contribution in [-0.4, -0.2) is 26.7 Å². The fourth-order valence-corrected chi connectivity index (χ4v) is 1.93. The molecule has 0 fully saturated rings. The topological polar surface area (TPSA) is 17.1 Å². The zero-order valence-corrected chi connectivity index (χ0v) is 7.20. The van der Waals surface area contributed by atoms with Gasteiger partial charge in [0.15, 0.2) is 0 Å². The molecule has 0 aromatic heterocycles. The number of benzene rings is 1. The van der Waals surface area contributed by atoms with Gasteiger partial charge in [-0.2, -0.15) is 3.69 Å². The molecule has 10 heavy (non-hydrogen) atoms. The molecule has 0 saturated carbocycles. The average Bonchev–Trinajstić information content (AvgIpc) is 2.03. The van der Waals surface area contributed by atoms with Gasteiger partial charge in [-0.15, -0.1) is 0 Å². The predicted molar refractivity (Wildman–Crippen MR) is 42.7 cm³/mol. The van der Waals surface area contributed by atoms with Crippen molar-refractivity contribution in [2.45, 2.75) is 4.55 Å². The summed E-state index contributed by atoms with van der Waals surface area (Å²) in [5.41, 5.74) is 0. The minimum Gasteiger partial charge on any atom is -0.306 e. The Labute approximate surface area is 70.2 Å². The van der Waals surface area contributed by atoms with Gasteiger partial charge in [-0.05, 0) is 0 Å². The Kier molecular flexibility index (Phi) is 3.47. The minimum atomic E-state index is -0.279. The van der Waals surface area contributed by atoms with E-state index in [0.717, 1.165) is 10.8 Å². The molecule has 0 atom stereocenters. The van der Waals surface area contributed by atoms with Crippen LogP contribution in [0.25, 0.3) is 0 Å². The molecule has 0 unspecified atom stereocenters. The van der Waals surface area contributed by atoms with E-state index >= 15 is 0 Å². The molecular weight excluding hydrogens is 136 g/mol. The quantitative estimate of drug-likeness (QED) is 0.449. The van der Waals surface area contributed by atoms with Crippen molar-refractivity contribution in [3.63, 3.8) is 0 Å². The van der Waals surface area contributed by atoms with E-state index in [-0.39, 0.29) is 20.4 Å². The van der Waals surface area contributed by atoms with Crippen LogP contribution in [0.3, 0.4) is 0 Å². The molecule has 1 rings (SSSR count). The third kappa shape index (κ3) is 2.50. The monoisotopic (exact) mass is 144 g/mol. The maximum absolute atomic E-state index is 10.0. The minimum absolute atomic E-state index is 0.279. The second-order valence-corrected chi connectivity index (χ2v) is 4.08. The summed E-state index contributed by atoms with van der Waals surface area (Å²) in [5.74, 6) is 0. The van der Waals surface area contributed by atoms with Crippen molar-refractivity contribution in [2.24, 2.45) is 0 Å². The zero-order valence-electron chi connectivity index (χ0n) is 5.79. The summed E-state index contributed by atoms with van der Waals surface area (Å²) in [4.78, 5) is 10.0. The van der Waals surface area contributed by atoms with Crippen molar-refractivity contribution in [1.29, 1.82) is 0 Å². The number of carbonyl (C=O) groups excluding carboxylic acids is 1. The van der Waals surface area contributed by atoms with E-state index in [1.165, 1.54) is 3.69 Å². The highest BCUT2D eigenvalue weighted by Crippen LogP contribution is 1.82. The Morgan fingerprint density at radius 2 is 2.00 bits per heavy atom. The number of aldehydes is 1. The highest BCUT2D eigenvalue weighted by Gasteiger charge is 1.94. The van der Waals surface area contributed by atoms with Gasteiger partial charge in [0.05, 0.1) is 6.29 Å². The Balaban J connectivity index is 2.50. The van der Waals surface area contributed by atoms with E-state index in [1.807, 2.05) is 18.2 Å². The van der Waals surface area contributed by atoms with Gasteiger partial charge in [0.25, 0.3) is 0 Å².